The Hall–Kier alpha value is -1.51. The molecule has 1 aromatic rings. The van der Waals surface area contributed by atoms with Crippen molar-refractivity contribution in [3.63, 3.8) is 0 Å². The third-order valence-electron chi connectivity index (χ3n) is 4.48. The lowest BCUT2D eigenvalue weighted by Crippen LogP contribution is -2.44. The molecule has 1 atom stereocenters. The van der Waals surface area contributed by atoms with Crippen LogP contribution < -0.4 is 4.74 Å². The number of benzene rings is 1. The normalized spacial score (nSPS) is 18.6. The van der Waals surface area contributed by atoms with E-state index in [1.807, 2.05) is 20.8 Å². The minimum Gasteiger partial charge on any atom is -0.495 e. The molecule has 158 valence electrons. The summed E-state index contributed by atoms with van der Waals surface area (Å²) in [5, 5.41) is 0.252. The Balaban J connectivity index is 2.07. The van der Waals surface area contributed by atoms with E-state index >= 15 is 0 Å². The van der Waals surface area contributed by atoms with Gasteiger partial charge in [-0.25, -0.2) is 13.2 Å². The summed E-state index contributed by atoms with van der Waals surface area (Å²) in [6, 6.07) is 4.45. The summed E-state index contributed by atoms with van der Waals surface area (Å²) in [6.45, 7) is 6.66. The van der Waals surface area contributed by atoms with Crippen LogP contribution in [0.5, 0.6) is 5.75 Å². The number of piperidine rings is 1. The number of rotatable bonds is 5. The van der Waals surface area contributed by atoms with E-state index in [9.17, 15) is 13.2 Å². The van der Waals surface area contributed by atoms with Crippen LogP contribution in [0.4, 0.5) is 4.79 Å². The van der Waals surface area contributed by atoms with Gasteiger partial charge in [-0.2, -0.15) is 4.31 Å². The maximum Gasteiger partial charge on any atom is 0.410 e. The minimum atomic E-state index is -3.67. The predicted molar refractivity (Wildman–Crippen MR) is 108 cm³/mol. The van der Waals surface area contributed by atoms with Gasteiger partial charge in [0.05, 0.1) is 17.0 Å². The molecule has 28 heavy (non-hydrogen) atoms. The number of halogens is 1. The molecule has 1 unspecified atom stereocenters. The summed E-state index contributed by atoms with van der Waals surface area (Å²) < 4.78 is 37.9. The average Bonchev–Trinajstić information content (AvgIpc) is 2.60. The van der Waals surface area contributed by atoms with Gasteiger partial charge in [0.15, 0.2) is 0 Å². The topological polar surface area (TPSA) is 76.2 Å². The second kappa shape index (κ2) is 8.88. The number of methoxy groups -OCH3 is 1. The summed E-state index contributed by atoms with van der Waals surface area (Å²) in [6.07, 6.45) is 1.17. The molecule has 0 saturated carbocycles. The first kappa shape index (κ1) is 22.8. The predicted octanol–water partition coefficient (Wildman–Crippen LogP) is 3.62. The molecule has 1 fully saturated rings. The van der Waals surface area contributed by atoms with Crippen molar-refractivity contribution in [2.45, 2.75) is 44.1 Å². The number of hydrogen-bond donors (Lipinski definition) is 0. The van der Waals surface area contributed by atoms with Crippen LogP contribution in [-0.4, -0.2) is 63.1 Å². The van der Waals surface area contributed by atoms with E-state index in [-0.39, 0.29) is 15.8 Å². The smallest absolute Gasteiger partial charge is 0.410 e. The Morgan fingerprint density at radius 1 is 1.36 bits per heavy atom. The molecule has 0 N–H and O–H groups in total. The van der Waals surface area contributed by atoms with E-state index in [2.05, 4.69) is 0 Å². The highest BCUT2D eigenvalue weighted by Gasteiger charge is 2.32. The molecular formula is C19H29ClN2O5S. The molecule has 7 nitrogen and oxygen atoms in total. The first-order valence-electron chi connectivity index (χ1n) is 9.22. The first-order valence-corrected chi connectivity index (χ1v) is 11.0. The third kappa shape index (κ3) is 5.75. The van der Waals surface area contributed by atoms with Crippen LogP contribution in [0, 0.1) is 5.92 Å². The van der Waals surface area contributed by atoms with Crippen LogP contribution in [0.1, 0.15) is 33.6 Å². The van der Waals surface area contributed by atoms with Gasteiger partial charge in [0.1, 0.15) is 11.4 Å². The molecule has 0 bridgehead atoms. The van der Waals surface area contributed by atoms with Crippen LogP contribution in [0.3, 0.4) is 0 Å². The van der Waals surface area contributed by atoms with Gasteiger partial charge in [-0.15, -0.1) is 0 Å². The number of carbonyl (C=O) groups is 1. The van der Waals surface area contributed by atoms with Crippen LogP contribution in [0.25, 0.3) is 0 Å². The number of nitrogens with zero attached hydrogens (tertiary/aromatic N) is 2. The molecule has 0 aromatic heterocycles. The van der Waals surface area contributed by atoms with Crippen LogP contribution in [0.15, 0.2) is 23.1 Å². The van der Waals surface area contributed by atoms with Crippen molar-refractivity contribution in [3.05, 3.63) is 23.2 Å². The fraction of sp³-hybridized carbons (Fsp3) is 0.632. The van der Waals surface area contributed by atoms with Gasteiger partial charge in [-0.05, 0) is 57.7 Å². The lowest BCUT2D eigenvalue weighted by molar-refractivity contribution is 0.0258. The Bertz CT molecular complexity index is 807. The van der Waals surface area contributed by atoms with Crippen molar-refractivity contribution in [3.8, 4) is 5.75 Å². The van der Waals surface area contributed by atoms with Gasteiger partial charge < -0.3 is 14.4 Å². The summed E-state index contributed by atoms with van der Waals surface area (Å²) in [5.74, 6) is 0.464. The summed E-state index contributed by atoms with van der Waals surface area (Å²) in [7, 11) is -0.519. The maximum absolute atomic E-state index is 13.0. The standard InChI is InChI=1S/C19H29ClN2O5S/c1-19(2,3)27-18(23)21(4)12-14-7-6-10-22(13-14)28(24,25)15-8-9-17(26-5)16(20)11-15/h8-9,11,14H,6-7,10,12-13H2,1-5H3. The van der Waals surface area contributed by atoms with Crippen LogP contribution in [0.2, 0.25) is 5.02 Å². The van der Waals surface area contributed by atoms with Crippen LogP contribution >= 0.6 is 11.6 Å². The molecule has 1 aromatic carbocycles. The van der Waals surface area contributed by atoms with E-state index in [1.54, 1.807) is 13.1 Å². The van der Waals surface area contributed by atoms with E-state index in [0.717, 1.165) is 12.8 Å². The third-order valence-corrected chi connectivity index (χ3v) is 6.64. The van der Waals surface area contributed by atoms with Gasteiger partial charge >= 0.3 is 6.09 Å². The second-order valence-corrected chi connectivity index (χ2v) is 10.4. The Morgan fingerprint density at radius 3 is 2.61 bits per heavy atom. The lowest BCUT2D eigenvalue weighted by atomic mass is 9.99. The Labute approximate surface area is 172 Å². The maximum atomic E-state index is 13.0. The zero-order valence-electron chi connectivity index (χ0n) is 17.1. The van der Waals surface area contributed by atoms with E-state index in [1.165, 1.54) is 28.4 Å². The molecule has 1 amide bonds. The van der Waals surface area contributed by atoms with Gasteiger partial charge in [0.2, 0.25) is 10.0 Å². The number of amides is 1. The number of hydrogen-bond acceptors (Lipinski definition) is 5. The van der Waals surface area contributed by atoms with Gasteiger partial charge in [0, 0.05) is 26.7 Å². The molecule has 0 spiro atoms. The quantitative estimate of drug-likeness (QED) is 0.710. The molecule has 0 aliphatic carbocycles. The molecule has 2 rings (SSSR count). The first-order chi connectivity index (χ1) is 12.9. The largest absolute Gasteiger partial charge is 0.495 e. The van der Waals surface area contributed by atoms with E-state index in [0.29, 0.717) is 25.4 Å². The second-order valence-electron chi connectivity index (χ2n) is 8.03. The highest BCUT2D eigenvalue weighted by molar-refractivity contribution is 7.89. The molecule has 9 heteroatoms. The highest BCUT2D eigenvalue weighted by Crippen LogP contribution is 2.30. The summed E-state index contributed by atoms with van der Waals surface area (Å²) >= 11 is 6.09. The van der Waals surface area contributed by atoms with Crippen molar-refractivity contribution in [2.75, 3.05) is 33.8 Å². The number of carbonyl (C=O) groups excluding carboxylic acids is 1. The van der Waals surface area contributed by atoms with Gasteiger partial charge in [-0.1, -0.05) is 11.6 Å². The van der Waals surface area contributed by atoms with Crippen molar-refractivity contribution < 1.29 is 22.7 Å². The fourth-order valence-corrected chi connectivity index (χ4v) is 5.06. The Morgan fingerprint density at radius 2 is 2.04 bits per heavy atom. The molecule has 1 saturated heterocycles. The molecular weight excluding hydrogens is 404 g/mol. The van der Waals surface area contributed by atoms with Crippen molar-refractivity contribution in [1.29, 1.82) is 0 Å². The SMILES string of the molecule is COc1ccc(S(=O)(=O)N2CCCC(CN(C)C(=O)OC(C)(C)C)C2)cc1Cl. The van der Waals surface area contributed by atoms with E-state index in [4.69, 9.17) is 21.1 Å². The molecule has 1 aliphatic rings. The van der Waals surface area contributed by atoms with Crippen molar-refractivity contribution in [1.82, 2.24) is 9.21 Å². The number of sulfonamides is 1. The zero-order chi connectivity index (χ0) is 21.1. The average molecular weight is 433 g/mol. The van der Waals surface area contributed by atoms with E-state index < -0.39 is 21.7 Å². The zero-order valence-corrected chi connectivity index (χ0v) is 18.6. The molecule has 1 aliphatic heterocycles. The van der Waals surface area contributed by atoms with Crippen LogP contribution in [-0.2, 0) is 14.8 Å². The molecule has 0 radical (unpaired) electrons. The highest BCUT2D eigenvalue weighted by atomic mass is 35.5. The lowest BCUT2D eigenvalue weighted by Gasteiger charge is -2.34. The fourth-order valence-electron chi connectivity index (χ4n) is 3.15. The number of ether oxygens (including phenoxy) is 2. The minimum absolute atomic E-state index is 0.0368. The van der Waals surface area contributed by atoms with Crippen molar-refractivity contribution in [2.24, 2.45) is 5.92 Å². The van der Waals surface area contributed by atoms with Crippen molar-refractivity contribution >= 4 is 27.7 Å². The monoisotopic (exact) mass is 432 g/mol. The summed E-state index contributed by atoms with van der Waals surface area (Å²) in [5.41, 5.74) is -0.569. The van der Waals surface area contributed by atoms with Gasteiger partial charge in [-0.3, -0.25) is 0 Å². The summed E-state index contributed by atoms with van der Waals surface area (Å²) in [4.78, 5) is 13.8. The Kier molecular flexibility index (Phi) is 7.22. The molecule has 1 heterocycles. The van der Waals surface area contributed by atoms with Gasteiger partial charge in [0.25, 0.3) is 0 Å².